The topological polar surface area (TPSA) is 68.6 Å². The Morgan fingerprint density at radius 1 is 1.03 bits per heavy atom. The summed E-state index contributed by atoms with van der Waals surface area (Å²) in [6.07, 6.45) is 0. The molecule has 0 saturated carbocycles. The molecule has 1 aliphatic heterocycles. The second kappa shape index (κ2) is 10.8. The summed E-state index contributed by atoms with van der Waals surface area (Å²) < 4.78 is 5.58. The van der Waals surface area contributed by atoms with Gasteiger partial charge in [0.05, 0.1) is 24.7 Å². The Labute approximate surface area is 176 Å². The third-order valence-electron chi connectivity index (χ3n) is 4.83. The van der Waals surface area contributed by atoms with Crippen LogP contribution >= 0.6 is 11.6 Å². The zero-order valence-corrected chi connectivity index (χ0v) is 17.1. The van der Waals surface area contributed by atoms with Crippen molar-refractivity contribution >= 4 is 17.5 Å². The summed E-state index contributed by atoms with van der Waals surface area (Å²) in [5.41, 5.74) is 1.89. The highest BCUT2D eigenvalue weighted by Gasteiger charge is 2.18. The minimum absolute atomic E-state index is 0.0187. The number of hydrogen-bond donors (Lipinski definition) is 1. The van der Waals surface area contributed by atoms with Crippen LogP contribution in [0.25, 0.3) is 0 Å². The van der Waals surface area contributed by atoms with E-state index < -0.39 is 0 Å². The molecule has 1 N–H and O–H groups in total. The van der Waals surface area contributed by atoms with Gasteiger partial charge in [-0.25, -0.2) is 0 Å². The number of nitrogens with zero attached hydrogens (tertiary/aromatic N) is 3. The molecule has 0 spiro atoms. The van der Waals surface area contributed by atoms with Crippen LogP contribution in [0.2, 0.25) is 5.02 Å². The Morgan fingerprint density at radius 2 is 1.69 bits per heavy atom. The third-order valence-corrected chi connectivity index (χ3v) is 5.08. The second-order valence-corrected chi connectivity index (χ2v) is 7.45. The van der Waals surface area contributed by atoms with Crippen LogP contribution < -0.4 is 10.1 Å². The van der Waals surface area contributed by atoms with E-state index in [0.29, 0.717) is 30.3 Å². The van der Waals surface area contributed by atoms with Gasteiger partial charge in [0.25, 0.3) is 0 Å². The molecule has 1 fully saturated rings. The molecule has 0 radical (unpaired) electrons. The Bertz CT molecular complexity index is 825. The van der Waals surface area contributed by atoms with E-state index in [0.717, 1.165) is 38.5 Å². The van der Waals surface area contributed by atoms with Gasteiger partial charge in [-0.05, 0) is 42.0 Å². The van der Waals surface area contributed by atoms with Crippen molar-refractivity contribution in [3.63, 3.8) is 0 Å². The minimum Gasteiger partial charge on any atom is -0.492 e. The van der Waals surface area contributed by atoms with E-state index in [1.165, 1.54) is 5.56 Å². The molecule has 1 heterocycles. The number of nitriles is 1. The van der Waals surface area contributed by atoms with Crippen LogP contribution in [0, 0.1) is 11.3 Å². The predicted molar refractivity (Wildman–Crippen MR) is 113 cm³/mol. The minimum atomic E-state index is 0.0187. The Hall–Kier alpha value is -2.59. The first-order chi connectivity index (χ1) is 14.1. The number of halogens is 1. The molecule has 0 aliphatic carbocycles. The highest BCUT2D eigenvalue weighted by atomic mass is 35.5. The number of carbonyl (C=O) groups is 1. The zero-order valence-electron chi connectivity index (χ0n) is 16.3. The van der Waals surface area contributed by atoms with E-state index in [4.69, 9.17) is 21.6 Å². The van der Waals surface area contributed by atoms with Crippen LogP contribution in [-0.2, 0) is 11.3 Å². The molecular formula is C22H25ClN4O2. The van der Waals surface area contributed by atoms with Crippen molar-refractivity contribution in [3.8, 4) is 11.8 Å². The lowest BCUT2D eigenvalue weighted by molar-refractivity contribution is -0.122. The predicted octanol–water partition coefficient (Wildman–Crippen LogP) is 2.52. The van der Waals surface area contributed by atoms with Gasteiger partial charge in [-0.1, -0.05) is 23.7 Å². The van der Waals surface area contributed by atoms with Gasteiger partial charge >= 0.3 is 0 Å². The number of ether oxygens (including phenoxy) is 1. The van der Waals surface area contributed by atoms with Gasteiger partial charge < -0.3 is 10.1 Å². The number of piperazine rings is 1. The van der Waals surface area contributed by atoms with Crippen molar-refractivity contribution in [2.75, 3.05) is 45.9 Å². The lowest BCUT2D eigenvalue weighted by atomic mass is 10.1. The SMILES string of the molecule is N#Cc1ccc(CN2CCN(CC(=O)NCCOc3ccc(Cl)cc3)CC2)cc1. The third kappa shape index (κ3) is 7.06. The maximum Gasteiger partial charge on any atom is 0.234 e. The maximum atomic E-state index is 12.1. The van der Waals surface area contributed by atoms with Crippen molar-refractivity contribution in [1.29, 1.82) is 5.26 Å². The molecule has 2 aromatic rings. The molecule has 7 heteroatoms. The molecule has 3 rings (SSSR count). The summed E-state index contributed by atoms with van der Waals surface area (Å²) in [5, 5.41) is 12.4. The van der Waals surface area contributed by atoms with Crippen LogP contribution in [-0.4, -0.2) is 61.6 Å². The first-order valence-electron chi connectivity index (χ1n) is 9.71. The van der Waals surface area contributed by atoms with Crippen LogP contribution in [0.1, 0.15) is 11.1 Å². The van der Waals surface area contributed by atoms with Gasteiger partial charge in [-0.15, -0.1) is 0 Å². The van der Waals surface area contributed by atoms with Crippen LogP contribution in [0.15, 0.2) is 48.5 Å². The van der Waals surface area contributed by atoms with Crippen molar-refractivity contribution in [2.45, 2.75) is 6.54 Å². The first-order valence-corrected chi connectivity index (χ1v) is 10.1. The molecule has 0 aromatic heterocycles. The number of amides is 1. The lowest BCUT2D eigenvalue weighted by Gasteiger charge is -2.34. The highest BCUT2D eigenvalue weighted by Crippen LogP contribution is 2.15. The molecule has 2 aromatic carbocycles. The average Bonchev–Trinajstić information content (AvgIpc) is 2.74. The van der Waals surface area contributed by atoms with E-state index in [-0.39, 0.29) is 5.91 Å². The van der Waals surface area contributed by atoms with Gasteiger partial charge in [-0.2, -0.15) is 5.26 Å². The van der Waals surface area contributed by atoms with Gasteiger partial charge in [0.1, 0.15) is 12.4 Å². The van der Waals surface area contributed by atoms with E-state index in [2.05, 4.69) is 21.2 Å². The largest absolute Gasteiger partial charge is 0.492 e. The summed E-state index contributed by atoms with van der Waals surface area (Å²) in [6, 6.07) is 17.0. The first kappa shape index (κ1) is 21.1. The number of nitrogens with one attached hydrogen (secondary N) is 1. The fraction of sp³-hybridized carbons (Fsp3) is 0.364. The van der Waals surface area contributed by atoms with Crippen molar-refractivity contribution < 1.29 is 9.53 Å². The summed E-state index contributed by atoms with van der Waals surface area (Å²) in [7, 11) is 0. The number of rotatable bonds is 8. The van der Waals surface area contributed by atoms with E-state index in [9.17, 15) is 4.79 Å². The van der Waals surface area contributed by atoms with E-state index >= 15 is 0 Å². The number of carbonyl (C=O) groups excluding carboxylic acids is 1. The lowest BCUT2D eigenvalue weighted by Crippen LogP contribution is -2.49. The standard InChI is InChI=1S/C22H25ClN4O2/c23-20-5-7-21(8-6-20)29-14-9-25-22(28)17-27-12-10-26(11-13-27)16-19-3-1-18(15-24)2-4-19/h1-8H,9-14,16-17H2,(H,25,28). The molecule has 1 amide bonds. The van der Waals surface area contributed by atoms with Crippen molar-refractivity contribution in [2.24, 2.45) is 0 Å². The zero-order chi connectivity index (χ0) is 20.5. The molecule has 0 bridgehead atoms. The smallest absolute Gasteiger partial charge is 0.234 e. The quantitative estimate of drug-likeness (QED) is 0.675. The summed E-state index contributed by atoms with van der Waals surface area (Å²) in [4.78, 5) is 16.7. The van der Waals surface area contributed by atoms with Gasteiger partial charge in [0, 0.05) is 37.7 Å². The fourth-order valence-corrected chi connectivity index (χ4v) is 3.32. The molecule has 0 atom stereocenters. The fourth-order valence-electron chi connectivity index (χ4n) is 3.20. The Morgan fingerprint density at radius 3 is 2.34 bits per heavy atom. The summed E-state index contributed by atoms with van der Waals surface area (Å²) in [5.74, 6) is 0.757. The molecule has 0 unspecified atom stereocenters. The molecule has 1 aliphatic rings. The molecule has 29 heavy (non-hydrogen) atoms. The Kier molecular flexibility index (Phi) is 7.88. The Balaban J connectivity index is 1.30. The average molecular weight is 413 g/mol. The number of benzene rings is 2. The van der Waals surface area contributed by atoms with Gasteiger partial charge in [0.2, 0.25) is 5.91 Å². The van der Waals surface area contributed by atoms with Gasteiger partial charge in [-0.3, -0.25) is 14.6 Å². The van der Waals surface area contributed by atoms with Crippen LogP contribution in [0.4, 0.5) is 0 Å². The second-order valence-electron chi connectivity index (χ2n) is 7.01. The molecule has 6 nitrogen and oxygen atoms in total. The number of hydrogen-bond acceptors (Lipinski definition) is 5. The molecule has 152 valence electrons. The molecule has 1 saturated heterocycles. The van der Waals surface area contributed by atoms with Crippen molar-refractivity contribution in [3.05, 3.63) is 64.7 Å². The van der Waals surface area contributed by atoms with Crippen LogP contribution in [0.5, 0.6) is 5.75 Å². The summed E-state index contributed by atoms with van der Waals surface area (Å²) in [6.45, 7) is 5.75. The van der Waals surface area contributed by atoms with E-state index in [1.807, 2.05) is 36.4 Å². The monoisotopic (exact) mass is 412 g/mol. The summed E-state index contributed by atoms with van der Waals surface area (Å²) >= 11 is 5.84. The van der Waals surface area contributed by atoms with Gasteiger partial charge in [0.15, 0.2) is 0 Å². The van der Waals surface area contributed by atoms with Crippen molar-refractivity contribution in [1.82, 2.24) is 15.1 Å². The van der Waals surface area contributed by atoms with Crippen LogP contribution in [0.3, 0.4) is 0 Å². The molecular weight excluding hydrogens is 388 g/mol. The highest BCUT2D eigenvalue weighted by molar-refractivity contribution is 6.30. The normalized spacial score (nSPS) is 14.9. The maximum absolute atomic E-state index is 12.1. The van der Waals surface area contributed by atoms with E-state index in [1.54, 1.807) is 12.1 Å².